The van der Waals surface area contributed by atoms with Gasteiger partial charge in [0.25, 0.3) is 0 Å². The van der Waals surface area contributed by atoms with E-state index in [0.29, 0.717) is 0 Å². The van der Waals surface area contributed by atoms with Crippen LogP contribution in [0.25, 0.3) is 0 Å². The Morgan fingerprint density at radius 1 is 0.600 bits per heavy atom. The van der Waals surface area contributed by atoms with Gasteiger partial charge in [0.05, 0.1) is 0 Å². The third kappa shape index (κ3) is 4.86. The molecular weight excluding hydrogens is 430 g/mol. The van der Waals surface area contributed by atoms with Crippen LogP contribution in [0.3, 0.4) is 0 Å². The van der Waals surface area contributed by atoms with Crippen molar-refractivity contribution in [2.75, 3.05) is 28.4 Å². The fourth-order valence-corrected chi connectivity index (χ4v) is 7.09. The average molecular weight is 454 g/mol. The number of carbonyl (C=O) groups is 2. The van der Waals surface area contributed by atoms with Crippen molar-refractivity contribution in [1.29, 1.82) is 0 Å². The zero-order valence-electron chi connectivity index (χ0n) is 17.1. The first-order valence-corrected chi connectivity index (χ1v) is 12.1. The molecule has 30 heavy (non-hydrogen) atoms. The number of Topliss-reactive ketones (excluding diaryl/α,β-unsaturated/α-hetero) is 2. The van der Waals surface area contributed by atoms with Gasteiger partial charge in [-0.25, -0.2) is 0 Å². The Labute approximate surface area is 175 Å². The van der Waals surface area contributed by atoms with Crippen LogP contribution in [0.4, 0.5) is 0 Å². The van der Waals surface area contributed by atoms with Gasteiger partial charge in [0.1, 0.15) is 11.3 Å². The minimum absolute atomic E-state index is 0.140. The molecule has 2 aromatic carbocycles. The van der Waals surface area contributed by atoms with Crippen molar-refractivity contribution in [3.8, 4) is 0 Å². The molecule has 0 heterocycles. The molecule has 0 N–H and O–H groups in total. The fourth-order valence-electron chi connectivity index (χ4n) is 3.07. The van der Waals surface area contributed by atoms with Crippen molar-refractivity contribution in [2.24, 2.45) is 0 Å². The minimum Gasteiger partial charge on any atom is -0.311 e. The second kappa shape index (κ2) is 10.4. The first-order valence-electron chi connectivity index (χ1n) is 8.89. The fraction of sp³-hybridized carbons (Fsp3) is 0.300. The average Bonchev–Trinajstić information content (AvgIpc) is 2.81. The Balaban J connectivity index is 2.78. The molecule has 8 nitrogen and oxygen atoms in total. The molecule has 0 fully saturated rings. The van der Waals surface area contributed by atoms with Crippen molar-refractivity contribution in [3.63, 3.8) is 0 Å². The van der Waals surface area contributed by atoms with Gasteiger partial charge in [-0.2, -0.15) is 0 Å². The molecule has 2 aromatic rings. The SMILES string of the molecule is COP(=O)(OC)C(C(=O)c1ccccc1)C(C(=O)c1ccccc1)P(=O)(OC)OC. The predicted octanol–water partition coefficient (Wildman–Crippen LogP) is 4.46. The van der Waals surface area contributed by atoms with E-state index >= 15 is 0 Å². The van der Waals surface area contributed by atoms with Gasteiger partial charge < -0.3 is 18.1 Å². The van der Waals surface area contributed by atoms with E-state index in [0.717, 1.165) is 28.4 Å². The van der Waals surface area contributed by atoms with Crippen LogP contribution in [0.1, 0.15) is 20.7 Å². The molecule has 0 radical (unpaired) electrons. The molecule has 0 aromatic heterocycles. The summed E-state index contributed by atoms with van der Waals surface area (Å²) in [5.41, 5.74) is -3.26. The maximum absolute atomic E-state index is 13.5. The van der Waals surface area contributed by atoms with Crippen LogP contribution in [0.15, 0.2) is 60.7 Å². The summed E-state index contributed by atoms with van der Waals surface area (Å²) in [6.45, 7) is 0. The highest BCUT2D eigenvalue weighted by atomic mass is 31.2. The summed E-state index contributed by atoms with van der Waals surface area (Å²) in [6, 6.07) is 15.8. The summed E-state index contributed by atoms with van der Waals surface area (Å²) in [5, 5.41) is 0. The Morgan fingerprint density at radius 2 is 0.867 bits per heavy atom. The zero-order chi connectivity index (χ0) is 22.4. The lowest BCUT2D eigenvalue weighted by molar-refractivity contribution is 0.0894. The molecule has 0 bridgehead atoms. The summed E-state index contributed by atoms with van der Waals surface area (Å²) in [5.74, 6) is -1.49. The van der Waals surface area contributed by atoms with Crippen molar-refractivity contribution in [2.45, 2.75) is 11.3 Å². The normalized spacial score (nSPS) is 14.1. The van der Waals surface area contributed by atoms with Gasteiger partial charge in [0.15, 0.2) is 11.6 Å². The van der Waals surface area contributed by atoms with E-state index in [9.17, 15) is 18.7 Å². The Kier molecular flexibility index (Phi) is 8.44. The lowest BCUT2D eigenvalue weighted by atomic mass is 10.0. The maximum atomic E-state index is 13.5. The molecule has 2 rings (SSSR count). The smallest absolute Gasteiger partial charge is 0.311 e. The molecule has 0 saturated heterocycles. The van der Waals surface area contributed by atoms with E-state index in [1.807, 2.05) is 0 Å². The second-order valence-electron chi connectivity index (χ2n) is 6.16. The van der Waals surface area contributed by atoms with Crippen LogP contribution in [0, 0.1) is 0 Å². The van der Waals surface area contributed by atoms with Crippen LogP contribution < -0.4 is 0 Å². The lowest BCUT2D eigenvalue weighted by Gasteiger charge is -2.32. The van der Waals surface area contributed by atoms with E-state index in [1.54, 1.807) is 36.4 Å². The van der Waals surface area contributed by atoms with Crippen LogP contribution in [-0.4, -0.2) is 51.3 Å². The summed E-state index contributed by atoms with van der Waals surface area (Å²) >= 11 is 0. The van der Waals surface area contributed by atoms with Crippen molar-refractivity contribution in [1.82, 2.24) is 0 Å². The first-order chi connectivity index (χ1) is 14.3. The standard InChI is InChI=1S/C20H24O8P2/c1-25-29(23,26-2)19(17(21)15-11-7-5-8-12-15)20(30(24,27-3)28-4)18(22)16-13-9-6-10-14-16/h5-14,19-20H,1-4H3. The largest absolute Gasteiger partial charge is 0.342 e. The van der Waals surface area contributed by atoms with Crippen LogP contribution in [0.2, 0.25) is 0 Å². The van der Waals surface area contributed by atoms with Gasteiger partial charge in [-0.05, 0) is 0 Å². The Morgan fingerprint density at radius 3 is 1.10 bits per heavy atom. The number of carbonyl (C=O) groups excluding carboxylic acids is 2. The third-order valence-corrected chi connectivity index (χ3v) is 9.35. The number of hydrogen-bond acceptors (Lipinski definition) is 8. The third-order valence-electron chi connectivity index (χ3n) is 4.65. The first kappa shape index (κ1) is 24.4. The molecule has 0 aliphatic carbocycles. The second-order valence-corrected chi connectivity index (χ2v) is 10.9. The highest BCUT2D eigenvalue weighted by molar-refractivity contribution is 7.61. The predicted molar refractivity (Wildman–Crippen MR) is 112 cm³/mol. The van der Waals surface area contributed by atoms with Crippen molar-refractivity contribution >= 4 is 26.8 Å². The topological polar surface area (TPSA) is 105 Å². The number of benzene rings is 2. The highest BCUT2D eigenvalue weighted by Crippen LogP contribution is 2.64. The van der Waals surface area contributed by atoms with Crippen LogP contribution in [-0.2, 0) is 27.2 Å². The monoisotopic (exact) mass is 454 g/mol. The molecule has 0 aliphatic heterocycles. The molecule has 162 valence electrons. The number of hydrogen-bond donors (Lipinski definition) is 0. The van der Waals surface area contributed by atoms with E-state index in [2.05, 4.69) is 0 Å². The zero-order valence-corrected chi connectivity index (χ0v) is 18.9. The van der Waals surface area contributed by atoms with E-state index < -0.39 is 38.1 Å². The van der Waals surface area contributed by atoms with E-state index in [-0.39, 0.29) is 11.1 Å². The van der Waals surface area contributed by atoms with Gasteiger partial charge >= 0.3 is 15.2 Å². The molecular formula is C20H24O8P2. The van der Waals surface area contributed by atoms with Gasteiger partial charge in [-0.1, -0.05) is 60.7 Å². The quantitative estimate of drug-likeness (QED) is 0.362. The van der Waals surface area contributed by atoms with Crippen molar-refractivity contribution < 1.29 is 36.8 Å². The molecule has 0 saturated carbocycles. The summed E-state index contributed by atoms with van der Waals surface area (Å²) < 4.78 is 47.2. The van der Waals surface area contributed by atoms with Crippen molar-refractivity contribution in [3.05, 3.63) is 71.8 Å². The van der Waals surface area contributed by atoms with Gasteiger partial charge in [0, 0.05) is 39.6 Å². The molecule has 2 atom stereocenters. The molecule has 10 heteroatoms. The number of ketones is 2. The molecule has 2 unspecified atom stereocenters. The Hall–Kier alpha value is -1.92. The van der Waals surface area contributed by atoms with E-state index in [1.165, 1.54) is 24.3 Å². The molecule has 0 spiro atoms. The maximum Gasteiger partial charge on any atom is 0.342 e. The summed E-state index contributed by atoms with van der Waals surface area (Å²) in [7, 11) is -4.19. The van der Waals surface area contributed by atoms with Gasteiger partial charge in [0.2, 0.25) is 0 Å². The molecule has 0 amide bonds. The number of rotatable bonds is 11. The van der Waals surface area contributed by atoms with Crippen LogP contribution >= 0.6 is 15.2 Å². The van der Waals surface area contributed by atoms with Gasteiger partial charge in [-0.3, -0.25) is 18.7 Å². The van der Waals surface area contributed by atoms with Gasteiger partial charge in [-0.15, -0.1) is 0 Å². The molecule has 0 aliphatic rings. The van der Waals surface area contributed by atoms with Crippen LogP contribution in [0.5, 0.6) is 0 Å². The summed E-state index contributed by atoms with van der Waals surface area (Å²) in [6.07, 6.45) is 0. The van der Waals surface area contributed by atoms with E-state index in [4.69, 9.17) is 18.1 Å². The summed E-state index contributed by atoms with van der Waals surface area (Å²) in [4.78, 5) is 26.9. The highest BCUT2D eigenvalue weighted by Gasteiger charge is 2.57. The lowest BCUT2D eigenvalue weighted by Crippen LogP contribution is -2.41. The Bertz CT molecular complexity index is 866. The minimum atomic E-state index is -4.27.